The predicted octanol–water partition coefficient (Wildman–Crippen LogP) is 2.03. The number of rotatable bonds is 7. The van der Waals surface area contributed by atoms with Crippen molar-refractivity contribution in [2.75, 3.05) is 39.3 Å². The second-order valence-electron chi connectivity index (χ2n) is 6.98. The molecule has 1 aliphatic heterocycles. The Kier molecular flexibility index (Phi) is 7.06. The van der Waals surface area contributed by atoms with Crippen molar-refractivity contribution in [3.05, 3.63) is 35.9 Å². The minimum Gasteiger partial charge on any atom is -0.395 e. The minimum absolute atomic E-state index is 0.0921. The number of likely N-dealkylation sites (tertiary alicyclic amines) is 1. The molecule has 128 valence electrons. The summed E-state index contributed by atoms with van der Waals surface area (Å²) in [5.41, 5.74) is 1.27. The average molecular weight is 318 g/mol. The summed E-state index contributed by atoms with van der Waals surface area (Å²) in [5.74, 6) is 1.36. The van der Waals surface area contributed by atoms with Crippen LogP contribution in [0.15, 0.2) is 30.3 Å². The van der Waals surface area contributed by atoms with Crippen LogP contribution in [0.2, 0.25) is 0 Å². The van der Waals surface area contributed by atoms with Crippen molar-refractivity contribution in [2.45, 2.75) is 26.7 Å². The van der Waals surface area contributed by atoms with Crippen molar-refractivity contribution in [1.29, 1.82) is 0 Å². The van der Waals surface area contributed by atoms with Gasteiger partial charge in [0.15, 0.2) is 0 Å². The Hall–Kier alpha value is -1.39. The van der Waals surface area contributed by atoms with E-state index in [0.29, 0.717) is 24.9 Å². The Morgan fingerprint density at radius 3 is 2.43 bits per heavy atom. The summed E-state index contributed by atoms with van der Waals surface area (Å²) in [6.45, 7) is 8.03. The molecule has 23 heavy (non-hydrogen) atoms. The van der Waals surface area contributed by atoms with Crippen molar-refractivity contribution in [3.8, 4) is 0 Å². The molecule has 4 heteroatoms. The number of carbonyl (C=O) groups is 1. The monoisotopic (exact) mass is 318 g/mol. The highest BCUT2D eigenvalue weighted by Gasteiger charge is 2.26. The van der Waals surface area contributed by atoms with E-state index in [9.17, 15) is 9.90 Å². The van der Waals surface area contributed by atoms with Crippen molar-refractivity contribution < 1.29 is 9.90 Å². The van der Waals surface area contributed by atoms with Crippen LogP contribution >= 0.6 is 0 Å². The second-order valence-corrected chi connectivity index (χ2v) is 6.98. The first-order valence-corrected chi connectivity index (χ1v) is 8.73. The standard InChI is InChI=1S/C19H30N2O2/c1-16-12-17(2)14-21(13-16)19(23)15-20(10-11-22)9-8-18-6-4-3-5-7-18/h3-7,16-17,22H,8-15H2,1-2H3. The zero-order valence-corrected chi connectivity index (χ0v) is 14.4. The Balaban J connectivity index is 1.86. The largest absolute Gasteiger partial charge is 0.395 e. The maximum absolute atomic E-state index is 12.6. The van der Waals surface area contributed by atoms with Crippen LogP contribution in [0.3, 0.4) is 0 Å². The molecular weight excluding hydrogens is 288 g/mol. The highest BCUT2D eigenvalue weighted by molar-refractivity contribution is 5.78. The summed E-state index contributed by atoms with van der Waals surface area (Å²) in [6, 6.07) is 10.3. The quantitative estimate of drug-likeness (QED) is 0.836. The first-order valence-electron chi connectivity index (χ1n) is 8.73. The molecule has 2 unspecified atom stereocenters. The van der Waals surface area contributed by atoms with Gasteiger partial charge in [0.25, 0.3) is 0 Å². The van der Waals surface area contributed by atoms with Gasteiger partial charge in [0.05, 0.1) is 13.2 Å². The summed E-state index contributed by atoms with van der Waals surface area (Å²) < 4.78 is 0. The molecule has 0 bridgehead atoms. The molecule has 4 nitrogen and oxygen atoms in total. The molecule has 0 aliphatic carbocycles. The van der Waals surface area contributed by atoms with Gasteiger partial charge in [-0.2, -0.15) is 0 Å². The summed E-state index contributed by atoms with van der Waals surface area (Å²) in [5, 5.41) is 9.27. The van der Waals surface area contributed by atoms with Crippen molar-refractivity contribution in [1.82, 2.24) is 9.80 Å². The van der Waals surface area contributed by atoms with Crippen LogP contribution < -0.4 is 0 Å². The van der Waals surface area contributed by atoms with Crippen LogP contribution in [0, 0.1) is 11.8 Å². The van der Waals surface area contributed by atoms with E-state index < -0.39 is 0 Å². The molecule has 1 aromatic carbocycles. The zero-order chi connectivity index (χ0) is 16.7. The molecule has 1 N–H and O–H groups in total. The van der Waals surface area contributed by atoms with Crippen LogP contribution in [0.5, 0.6) is 0 Å². The summed E-state index contributed by atoms with van der Waals surface area (Å²) >= 11 is 0. The SMILES string of the molecule is CC1CC(C)CN(C(=O)CN(CCO)CCc2ccccc2)C1. The van der Waals surface area contributed by atoms with E-state index >= 15 is 0 Å². The smallest absolute Gasteiger partial charge is 0.236 e. The number of aliphatic hydroxyl groups excluding tert-OH is 1. The summed E-state index contributed by atoms with van der Waals surface area (Å²) in [6.07, 6.45) is 2.11. The van der Waals surface area contributed by atoms with Crippen molar-refractivity contribution in [3.63, 3.8) is 0 Å². The topological polar surface area (TPSA) is 43.8 Å². The van der Waals surface area contributed by atoms with Gasteiger partial charge in [0, 0.05) is 26.2 Å². The van der Waals surface area contributed by atoms with Gasteiger partial charge in [-0.15, -0.1) is 0 Å². The fourth-order valence-corrected chi connectivity index (χ4v) is 3.50. The summed E-state index contributed by atoms with van der Waals surface area (Å²) in [4.78, 5) is 16.7. The van der Waals surface area contributed by atoms with E-state index in [1.807, 2.05) is 23.1 Å². The first-order chi connectivity index (χ1) is 11.1. The van der Waals surface area contributed by atoms with Crippen LogP contribution in [0.4, 0.5) is 0 Å². The molecular formula is C19H30N2O2. The molecule has 1 heterocycles. The van der Waals surface area contributed by atoms with Gasteiger partial charge in [-0.1, -0.05) is 44.2 Å². The minimum atomic E-state index is 0.0921. The Labute approximate surface area is 140 Å². The third kappa shape index (κ3) is 5.96. The molecule has 0 aromatic heterocycles. The van der Waals surface area contributed by atoms with Gasteiger partial charge in [0.1, 0.15) is 0 Å². The highest BCUT2D eigenvalue weighted by Crippen LogP contribution is 2.21. The maximum Gasteiger partial charge on any atom is 0.236 e. The van der Waals surface area contributed by atoms with Gasteiger partial charge in [0.2, 0.25) is 5.91 Å². The van der Waals surface area contributed by atoms with Gasteiger partial charge < -0.3 is 10.0 Å². The Bertz CT molecular complexity index is 468. The number of benzene rings is 1. The van der Waals surface area contributed by atoms with Crippen molar-refractivity contribution >= 4 is 5.91 Å². The van der Waals surface area contributed by atoms with E-state index in [4.69, 9.17) is 0 Å². The molecule has 1 saturated heterocycles. The molecule has 1 aromatic rings. The van der Waals surface area contributed by atoms with E-state index in [2.05, 4.69) is 30.9 Å². The summed E-state index contributed by atoms with van der Waals surface area (Å²) in [7, 11) is 0. The molecule has 0 saturated carbocycles. The zero-order valence-electron chi connectivity index (χ0n) is 14.4. The molecule has 1 fully saturated rings. The number of nitrogens with zero attached hydrogens (tertiary/aromatic N) is 2. The third-order valence-electron chi connectivity index (χ3n) is 4.56. The lowest BCUT2D eigenvalue weighted by Gasteiger charge is -2.36. The molecule has 2 rings (SSSR count). The molecule has 1 amide bonds. The number of hydrogen-bond acceptors (Lipinski definition) is 3. The fourth-order valence-electron chi connectivity index (χ4n) is 3.50. The van der Waals surface area contributed by atoms with Crippen LogP contribution in [-0.2, 0) is 11.2 Å². The third-order valence-corrected chi connectivity index (χ3v) is 4.56. The van der Waals surface area contributed by atoms with E-state index in [1.54, 1.807) is 0 Å². The Morgan fingerprint density at radius 1 is 1.17 bits per heavy atom. The second kappa shape index (κ2) is 9.04. The van der Waals surface area contributed by atoms with E-state index in [-0.39, 0.29) is 12.5 Å². The van der Waals surface area contributed by atoms with E-state index in [0.717, 1.165) is 26.1 Å². The lowest BCUT2D eigenvalue weighted by molar-refractivity contribution is -0.135. The molecule has 2 atom stereocenters. The van der Waals surface area contributed by atoms with Crippen LogP contribution in [-0.4, -0.2) is 60.1 Å². The van der Waals surface area contributed by atoms with E-state index in [1.165, 1.54) is 12.0 Å². The number of amides is 1. The fraction of sp³-hybridized carbons (Fsp3) is 0.632. The van der Waals surface area contributed by atoms with Gasteiger partial charge in [-0.3, -0.25) is 9.69 Å². The average Bonchev–Trinajstić information content (AvgIpc) is 2.53. The predicted molar refractivity (Wildman–Crippen MR) is 93.2 cm³/mol. The lowest BCUT2D eigenvalue weighted by Crippen LogP contribution is -2.47. The van der Waals surface area contributed by atoms with Gasteiger partial charge in [-0.05, 0) is 30.2 Å². The van der Waals surface area contributed by atoms with Gasteiger partial charge >= 0.3 is 0 Å². The number of piperidine rings is 1. The van der Waals surface area contributed by atoms with Crippen LogP contribution in [0.1, 0.15) is 25.8 Å². The number of hydrogen-bond donors (Lipinski definition) is 1. The Morgan fingerprint density at radius 2 is 1.83 bits per heavy atom. The molecule has 1 aliphatic rings. The van der Waals surface area contributed by atoms with Crippen LogP contribution in [0.25, 0.3) is 0 Å². The highest BCUT2D eigenvalue weighted by atomic mass is 16.3. The van der Waals surface area contributed by atoms with Crippen molar-refractivity contribution in [2.24, 2.45) is 11.8 Å². The maximum atomic E-state index is 12.6. The number of carbonyl (C=O) groups excluding carboxylic acids is 1. The van der Waals surface area contributed by atoms with Gasteiger partial charge in [-0.25, -0.2) is 0 Å². The number of aliphatic hydroxyl groups is 1. The first kappa shape index (κ1) is 18.0. The molecule has 0 radical (unpaired) electrons. The lowest BCUT2D eigenvalue weighted by atomic mass is 9.92. The molecule has 0 spiro atoms. The normalized spacial score (nSPS) is 21.7.